The minimum absolute atomic E-state index is 0.00751. The van der Waals surface area contributed by atoms with Crippen LogP contribution < -0.4 is 10.6 Å². The Hall–Kier alpha value is -1.62. The topological polar surface area (TPSA) is 74.2 Å². The van der Waals surface area contributed by atoms with Crippen molar-refractivity contribution in [2.45, 2.75) is 25.3 Å². The molecule has 0 radical (unpaired) electrons. The average molecular weight is 235 g/mol. The summed E-state index contributed by atoms with van der Waals surface area (Å²) < 4.78 is 0. The Bertz CT molecular complexity index is 414. The molecule has 1 aliphatic rings. The maximum atomic E-state index is 12.0. The highest BCUT2D eigenvalue weighted by Crippen LogP contribution is 2.18. The number of aromatic nitrogens is 1. The molecule has 0 aliphatic carbocycles. The summed E-state index contributed by atoms with van der Waals surface area (Å²) >= 11 is 0. The average Bonchev–Trinajstić information content (AvgIpc) is 2.29. The minimum Gasteiger partial charge on any atom is -0.506 e. The van der Waals surface area contributed by atoms with Crippen molar-refractivity contribution in [3.63, 3.8) is 0 Å². The van der Waals surface area contributed by atoms with E-state index < -0.39 is 0 Å². The quantitative estimate of drug-likeness (QED) is 0.704. The zero-order valence-corrected chi connectivity index (χ0v) is 9.86. The first-order valence-electron chi connectivity index (χ1n) is 5.76. The number of pyridine rings is 1. The van der Waals surface area contributed by atoms with Crippen molar-refractivity contribution in [1.29, 1.82) is 0 Å². The van der Waals surface area contributed by atoms with Gasteiger partial charge in [-0.1, -0.05) is 0 Å². The summed E-state index contributed by atoms with van der Waals surface area (Å²) in [6, 6.07) is 1.42. The highest BCUT2D eigenvalue weighted by atomic mass is 16.3. The zero-order valence-electron chi connectivity index (χ0n) is 9.86. The summed E-state index contributed by atoms with van der Waals surface area (Å²) in [4.78, 5) is 15.8. The van der Waals surface area contributed by atoms with Gasteiger partial charge in [-0.05, 0) is 38.9 Å². The lowest BCUT2D eigenvalue weighted by molar-refractivity contribution is 0.0886. The van der Waals surface area contributed by atoms with Gasteiger partial charge >= 0.3 is 0 Å². The van der Waals surface area contributed by atoms with E-state index in [1.54, 1.807) is 0 Å². The Morgan fingerprint density at radius 1 is 1.47 bits per heavy atom. The summed E-state index contributed by atoms with van der Waals surface area (Å²) in [6.45, 7) is 3.87. The van der Waals surface area contributed by atoms with Crippen LogP contribution in [0.1, 0.15) is 30.1 Å². The number of hydrogen-bond donors (Lipinski definition) is 3. The Labute approximate surface area is 100 Å². The van der Waals surface area contributed by atoms with E-state index in [1.807, 2.05) is 6.92 Å². The largest absolute Gasteiger partial charge is 0.506 e. The molecule has 3 N–H and O–H groups in total. The molecule has 2 heterocycles. The second-order valence-electron chi connectivity index (χ2n) is 4.70. The van der Waals surface area contributed by atoms with Crippen molar-refractivity contribution >= 4 is 5.91 Å². The van der Waals surface area contributed by atoms with Gasteiger partial charge < -0.3 is 15.7 Å². The van der Waals surface area contributed by atoms with Gasteiger partial charge in [-0.2, -0.15) is 0 Å². The molecule has 0 atom stereocenters. The number of aromatic hydroxyl groups is 1. The van der Waals surface area contributed by atoms with E-state index in [4.69, 9.17) is 0 Å². The van der Waals surface area contributed by atoms with Crippen LogP contribution >= 0.6 is 0 Å². The molecule has 2 rings (SSSR count). The first-order valence-corrected chi connectivity index (χ1v) is 5.76. The van der Waals surface area contributed by atoms with Crippen molar-refractivity contribution in [2.24, 2.45) is 0 Å². The van der Waals surface area contributed by atoms with Crippen LogP contribution in [-0.4, -0.2) is 34.6 Å². The molecule has 1 amide bonds. The Kier molecular flexibility index (Phi) is 3.28. The van der Waals surface area contributed by atoms with Crippen molar-refractivity contribution in [2.75, 3.05) is 13.1 Å². The molecule has 1 aromatic heterocycles. The molecule has 17 heavy (non-hydrogen) atoms. The number of nitrogens with one attached hydrogen (secondary N) is 2. The lowest BCUT2D eigenvalue weighted by atomic mass is 9.90. The lowest BCUT2D eigenvalue weighted by Crippen LogP contribution is -2.52. The van der Waals surface area contributed by atoms with Crippen LogP contribution in [0.3, 0.4) is 0 Å². The van der Waals surface area contributed by atoms with Gasteiger partial charge in [-0.25, -0.2) is 0 Å². The van der Waals surface area contributed by atoms with E-state index in [0.29, 0.717) is 5.56 Å². The van der Waals surface area contributed by atoms with E-state index in [9.17, 15) is 9.90 Å². The van der Waals surface area contributed by atoms with Gasteiger partial charge in [0.25, 0.3) is 5.91 Å². The maximum Gasteiger partial charge on any atom is 0.253 e. The predicted molar refractivity (Wildman–Crippen MR) is 63.9 cm³/mol. The van der Waals surface area contributed by atoms with E-state index in [-0.39, 0.29) is 17.2 Å². The first kappa shape index (κ1) is 11.9. The first-order chi connectivity index (χ1) is 8.09. The molecule has 0 saturated carbocycles. The van der Waals surface area contributed by atoms with Gasteiger partial charge in [0.1, 0.15) is 5.75 Å². The zero-order chi connectivity index (χ0) is 12.3. The highest BCUT2D eigenvalue weighted by molar-refractivity contribution is 5.94. The van der Waals surface area contributed by atoms with Crippen molar-refractivity contribution < 1.29 is 9.90 Å². The maximum absolute atomic E-state index is 12.0. The van der Waals surface area contributed by atoms with E-state index in [0.717, 1.165) is 25.9 Å². The number of carbonyl (C=O) groups is 1. The Morgan fingerprint density at radius 3 is 2.82 bits per heavy atom. The van der Waals surface area contributed by atoms with E-state index in [1.165, 1.54) is 18.5 Å². The lowest BCUT2D eigenvalue weighted by Gasteiger charge is -2.34. The number of amides is 1. The third-order valence-corrected chi connectivity index (χ3v) is 3.11. The van der Waals surface area contributed by atoms with Gasteiger partial charge in [-0.15, -0.1) is 0 Å². The Balaban J connectivity index is 2.06. The van der Waals surface area contributed by atoms with Gasteiger partial charge in [0.05, 0.1) is 11.8 Å². The monoisotopic (exact) mass is 235 g/mol. The molecule has 1 fully saturated rings. The number of hydrogen-bond acceptors (Lipinski definition) is 4. The van der Waals surface area contributed by atoms with Crippen LogP contribution in [0, 0.1) is 0 Å². The molecule has 1 saturated heterocycles. The molecule has 0 unspecified atom stereocenters. The molecule has 0 spiro atoms. The van der Waals surface area contributed by atoms with Gasteiger partial charge in [0.15, 0.2) is 0 Å². The number of nitrogens with zero attached hydrogens (tertiary/aromatic N) is 1. The number of carbonyl (C=O) groups excluding carboxylic acids is 1. The van der Waals surface area contributed by atoms with Gasteiger partial charge in [0.2, 0.25) is 0 Å². The van der Waals surface area contributed by atoms with Crippen LogP contribution in [0.2, 0.25) is 0 Å². The third-order valence-electron chi connectivity index (χ3n) is 3.11. The molecule has 1 aliphatic heterocycles. The van der Waals surface area contributed by atoms with E-state index >= 15 is 0 Å². The second-order valence-corrected chi connectivity index (χ2v) is 4.70. The minimum atomic E-state index is -0.183. The predicted octanol–water partition coefficient (Wildman–Crippen LogP) is 0.659. The van der Waals surface area contributed by atoms with Gasteiger partial charge in [0, 0.05) is 11.7 Å². The normalized spacial score (nSPS) is 18.6. The summed E-state index contributed by atoms with van der Waals surface area (Å²) in [5.41, 5.74) is 0.220. The van der Waals surface area contributed by atoms with Crippen molar-refractivity contribution in [1.82, 2.24) is 15.6 Å². The molecule has 0 aromatic carbocycles. The SMILES string of the molecule is CC1(NC(=O)c2cncc(O)c2)CCNCC1. The fourth-order valence-corrected chi connectivity index (χ4v) is 2.00. The highest BCUT2D eigenvalue weighted by Gasteiger charge is 2.28. The molecule has 5 nitrogen and oxygen atoms in total. The van der Waals surface area contributed by atoms with Crippen LogP contribution in [0.4, 0.5) is 0 Å². The molecular formula is C12H17N3O2. The molecule has 92 valence electrons. The fourth-order valence-electron chi connectivity index (χ4n) is 2.00. The van der Waals surface area contributed by atoms with E-state index in [2.05, 4.69) is 15.6 Å². The third kappa shape index (κ3) is 2.94. The van der Waals surface area contributed by atoms with Crippen molar-refractivity contribution in [3.05, 3.63) is 24.0 Å². The molecule has 1 aromatic rings. The Morgan fingerprint density at radius 2 is 2.18 bits per heavy atom. The van der Waals surface area contributed by atoms with Crippen LogP contribution in [0.25, 0.3) is 0 Å². The molecule has 0 bridgehead atoms. The standard InChI is InChI=1S/C12H17N3O2/c1-12(2-4-13-5-3-12)15-11(17)9-6-10(16)8-14-7-9/h6-8,13,16H,2-5H2,1H3,(H,15,17). The summed E-state index contributed by atoms with van der Waals surface area (Å²) in [7, 11) is 0. The number of rotatable bonds is 2. The second kappa shape index (κ2) is 4.71. The van der Waals surface area contributed by atoms with Crippen LogP contribution in [0.15, 0.2) is 18.5 Å². The van der Waals surface area contributed by atoms with Crippen molar-refractivity contribution in [3.8, 4) is 5.75 Å². The molecular weight excluding hydrogens is 218 g/mol. The smallest absolute Gasteiger partial charge is 0.253 e. The fraction of sp³-hybridized carbons (Fsp3) is 0.500. The van der Waals surface area contributed by atoms with Gasteiger partial charge in [-0.3, -0.25) is 9.78 Å². The summed E-state index contributed by atoms with van der Waals surface area (Å²) in [5, 5.41) is 15.5. The summed E-state index contributed by atoms with van der Waals surface area (Å²) in [6.07, 6.45) is 4.58. The number of piperidine rings is 1. The van der Waals surface area contributed by atoms with Crippen LogP contribution in [-0.2, 0) is 0 Å². The van der Waals surface area contributed by atoms with Crippen LogP contribution in [0.5, 0.6) is 5.75 Å². The summed E-state index contributed by atoms with van der Waals surface area (Å²) in [5.74, 6) is -0.175. The molecule has 5 heteroatoms.